The fraction of sp³-hybridized carbons (Fsp3) is 0.818. The minimum Gasteiger partial charge on any atom is -0.225 e. The van der Waals surface area contributed by atoms with Gasteiger partial charge in [-0.25, -0.2) is 4.39 Å². The molecule has 0 aromatic rings. The fourth-order valence-electron chi connectivity index (χ4n) is 1.56. The Labute approximate surface area is 138 Å². The zero-order valence-electron chi connectivity index (χ0n) is 12.3. The van der Waals surface area contributed by atoms with E-state index in [0.717, 1.165) is 0 Å². The Morgan fingerprint density at radius 3 is 1.00 bits per heavy atom. The van der Waals surface area contributed by atoms with E-state index in [2.05, 4.69) is 0 Å². The van der Waals surface area contributed by atoms with Crippen LogP contribution in [0, 0.1) is 0 Å². The van der Waals surface area contributed by atoms with Crippen LogP contribution in [0.15, 0.2) is 12.7 Å². The maximum atomic E-state index is 13.7. The van der Waals surface area contributed by atoms with Crippen LogP contribution in [0.3, 0.4) is 0 Å². The monoisotopic (exact) mass is 442 g/mol. The van der Waals surface area contributed by atoms with Crippen molar-refractivity contribution in [1.82, 2.24) is 0 Å². The maximum absolute atomic E-state index is 13.7. The summed E-state index contributed by atoms with van der Waals surface area (Å²) in [6, 6.07) is 0. The van der Waals surface area contributed by atoms with Gasteiger partial charge in [0.15, 0.2) is 0 Å². The molecule has 0 aliphatic carbocycles. The summed E-state index contributed by atoms with van der Waals surface area (Å²) >= 11 is 0. The molecule has 0 spiro atoms. The molecule has 0 radical (unpaired) electrons. The molecule has 0 nitrogen and oxygen atoms in total. The van der Waals surface area contributed by atoms with E-state index in [9.17, 15) is 70.2 Å². The van der Waals surface area contributed by atoms with Crippen molar-refractivity contribution in [3.63, 3.8) is 0 Å². The van der Waals surface area contributed by atoms with Crippen molar-refractivity contribution in [2.75, 3.05) is 0 Å². The van der Waals surface area contributed by atoms with Gasteiger partial charge in [0.2, 0.25) is 0 Å². The van der Waals surface area contributed by atoms with E-state index in [4.69, 9.17) is 0 Å². The molecule has 27 heavy (non-hydrogen) atoms. The molecule has 0 aliphatic rings. The van der Waals surface area contributed by atoms with Crippen molar-refractivity contribution in [2.24, 2.45) is 0 Å². The lowest BCUT2D eigenvalue weighted by molar-refractivity contribution is -0.433. The highest BCUT2D eigenvalue weighted by Gasteiger charge is 2.93. The molecular formula is C11H6F16. The van der Waals surface area contributed by atoms with Gasteiger partial charge in [-0.3, -0.25) is 0 Å². The third kappa shape index (κ3) is 3.02. The van der Waals surface area contributed by atoms with Crippen molar-refractivity contribution in [1.29, 1.82) is 0 Å². The van der Waals surface area contributed by atoms with Gasteiger partial charge in [-0.05, 0) is 6.08 Å². The Balaban J connectivity index is 6.84. The van der Waals surface area contributed by atoms with Crippen LogP contribution in [-0.4, -0.2) is 47.4 Å². The molecule has 0 saturated carbocycles. The summed E-state index contributed by atoms with van der Waals surface area (Å²) in [6.07, 6.45) is -9.30. The minimum atomic E-state index is -8.18. The average molecular weight is 442 g/mol. The molecule has 0 bridgehead atoms. The van der Waals surface area contributed by atoms with Crippen LogP contribution in [0.4, 0.5) is 70.2 Å². The third-order valence-electron chi connectivity index (χ3n) is 3.29. The average Bonchev–Trinajstić information content (AvgIpc) is 2.42. The zero-order valence-corrected chi connectivity index (χ0v) is 12.3. The van der Waals surface area contributed by atoms with E-state index < -0.39 is 60.4 Å². The number of alkyl halides is 16. The molecule has 1 unspecified atom stereocenters. The molecule has 0 heterocycles. The van der Waals surface area contributed by atoms with Crippen LogP contribution in [0.5, 0.6) is 0 Å². The number of rotatable bonds is 7. The Morgan fingerprint density at radius 2 is 0.778 bits per heavy atom. The largest absolute Gasteiger partial charge is 0.457 e. The first-order valence-corrected chi connectivity index (χ1v) is 5.97. The summed E-state index contributed by atoms with van der Waals surface area (Å²) in [6.45, 7) is 0.465. The van der Waals surface area contributed by atoms with Gasteiger partial charge >= 0.3 is 41.7 Å². The molecule has 0 aromatic heterocycles. The topological polar surface area (TPSA) is 0 Å². The summed E-state index contributed by atoms with van der Waals surface area (Å²) in [7, 11) is 0. The molecule has 0 aliphatic heterocycles. The molecule has 0 aromatic carbocycles. The second-order valence-electron chi connectivity index (χ2n) is 5.17. The molecule has 0 rings (SSSR count). The highest BCUT2D eigenvalue weighted by molar-refractivity contribution is 5.23. The normalized spacial score (nSPS) is 18.3. The highest BCUT2D eigenvalue weighted by atomic mass is 19.4. The predicted octanol–water partition coefficient (Wildman–Crippen LogP) is 6.27. The van der Waals surface area contributed by atoms with Crippen molar-refractivity contribution in [3.8, 4) is 0 Å². The first-order chi connectivity index (χ1) is 11.3. The van der Waals surface area contributed by atoms with Crippen LogP contribution in [0.25, 0.3) is 0 Å². The number of hydrogen-bond acceptors (Lipinski definition) is 0. The zero-order chi connectivity index (χ0) is 22.7. The summed E-state index contributed by atoms with van der Waals surface area (Å²) in [5, 5.41) is 0. The maximum Gasteiger partial charge on any atom is 0.457 e. The predicted molar refractivity (Wildman–Crippen MR) is 55.4 cm³/mol. The van der Waals surface area contributed by atoms with Gasteiger partial charge in [-0.1, -0.05) is 6.58 Å². The molecule has 0 fully saturated rings. The van der Waals surface area contributed by atoms with Crippen molar-refractivity contribution in [2.45, 2.75) is 54.3 Å². The van der Waals surface area contributed by atoms with E-state index in [-0.39, 0.29) is 0 Å². The SMILES string of the molecule is C=CC(F)(C(F)(F)C(F)(F)F)C(F)(F)C(F)(F)C(F)(F)C(F)(F)C(C)(F)F. The van der Waals surface area contributed by atoms with Gasteiger partial charge in [0.25, 0.3) is 5.67 Å². The number of allylic oxidation sites excluding steroid dienone is 1. The Morgan fingerprint density at radius 1 is 0.481 bits per heavy atom. The molecule has 16 heteroatoms. The second-order valence-corrected chi connectivity index (χ2v) is 5.17. The molecular weight excluding hydrogens is 436 g/mol. The molecule has 0 amide bonds. The van der Waals surface area contributed by atoms with E-state index in [1.807, 2.05) is 0 Å². The van der Waals surface area contributed by atoms with E-state index >= 15 is 0 Å². The Hall–Kier alpha value is -1.38. The molecule has 1 atom stereocenters. The summed E-state index contributed by atoms with van der Waals surface area (Å²) in [5.74, 6) is -45.4. The summed E-state index contributed by atoms with van der Waals surface area (Å²) < 4.78 is 206. The smallest absolute Gasteiger partial charge is 0.225 e. The molecule has 162 valence electrons. The van der Waals surface area contributed by atoms with E-state index in [0.29, 0.717) is 0 Å². The molecule has 0 N–H and O–H groups in total. The Bertz CT molecular complexity index is 564. The van der Waals surface area contributed by atoms with Gasteiger partial charge in [-0.2, -0.15) is 65.9 Å². The van der Waals surface area contributed by atoms with Gasteiger partial charge in [-0.15, -0.1) is 0 Å². The highest BCUT2D eigenvalue weighted by Crippen LogP contribution is 2.63. The van der Waals surface area contributed by atoms with Crippen molar-refractivity contribution >= 4 is 0 Å². The van der Waals surface area contributed by atoms with Gasteiger partial charge in [0.05, 0.1) is 0 Å². The van der Waals surface area contributed by atoms with Gasteiger partial charge in [0, 0.05) is 6.92 Å². The van der Waals surface area contributed by atoms with Crippen LogP contribution in [-0.2, 0) is 0 Å². The van der Waals surface area contributed by atoms with Crippen LogP contribution in [0.2, 0.25) is 0 Å². The van der Waals surface area contributed by atoms with Crippen molar-refractivity contribution < 1.29 is 70.2 Å². The van der Waals surface area contributed by atoms with E-state index in [1.54, 1.807) is 6.58 Å². The number of hydrogen-bond donors (Lipinski definition) is 0. The van der Waals surface area contributed by atoms with E-state index in [1.165, 1.54) is 0 Å². The lowest BCUT2D eigenvalue weighted by atomic mass is 9.81. The first-order valence-electron chi connectivity index (χ1n) is 5.97. The summed E-state index contributed by atoms with van der Waals surface area (Å²) in [4.78, 5) is 0. The number of halogens is 16. The standard InChI is InChI=1S/C11H6F16/c1-3-5(14,8(19,20)11(25,26)27)7(17,18)10(23,24)9(21,22)6(15,16)4(2,12)13/h3H,1H2,2H3. The van der Waals surface area contributed by atoms with Crippen LogP contribution < -0.4 is 0 Å². The fourth-order valence-corrected chi connectivity index (χ4v) is 1.56. The van der Waals surface area contributed by atoms with Gasteiger partial charge < -0.3 is 0 Å². The third-order valence-corrected chi connectivity index (χ3v) is 3.29. The second kappa shape index (κ2) is 6.06. The Kier molecular flexibility index (Phi) is 5.75. The van der Waals surface area contributed by atoms with Crippen LogP contribution in [0.1, 0.15) is 6.92 Å². The first kappa shape index (κ1) is 25.6. The lowest BCUT2D eigenvalue weighted by Gasteiger charge is -2.44. The van der Waals surface area contributed by atoms with Crippen LogP contribution >= 0.6 is 0 Å². The lowest BCUT2D eigenvalue weighted by Crippen LogP contribution is -2.74. The van der Waals surface area contributed by atoms with Crippen molar-refractivity contribution in [3.05, 3.63) is 12.7 Å². The molecule has 0 saturated heterocycles. The quantitative estimate of drug-likeness (QED) is 0.322. The van der Waals surface area contributed by atoms with Gasteiger partial charge in [0.1, 0.15) is 0 Å². The minimum absolute atomic E-state index is 1.17. The summed E-state index contributed by atoms with van der Waals surface area (Å²) in [5.41, 5.74) is -7.13.